The molecule has 0 saturated heterocycles. The molecule has 0 radical (unpaired) electrons. The van der Waals surface area contributed by atoms with E-state index in [9.17, 15) is 0 Å². The van der Waals surface area contributed by atoms with Crippen molar-refractivity contribution in [3.63, 3.8) is 0 Å². The number of halogens is 1. The Morgan fingerprint density at radius 1 is 1.30 bits per heavy atom. The van der Waals surface area contributed by atoms with Crippen LogP contribution in [0.15, 0.2) is 0 Å². The van der Waals surface area contributed by atoms with Crippen molar-refractivity contribution in [3.8, 4) is 6.19 Å². The highest BCUT2D eigenvalue weighted by Gasteiger charge is 2.34. The van der Waals surface area contributed by atoms with Crippen LogP contribution < -0.4 is 5.32 Å². The smallest absolute Gasteiger partial charge is 0.177 e. The van der Waals surface area contributed by atoms with E-state index in [4.69, 9.17) is 5.26 Å². The molecular formula is C7H13BrN2. The van der Waals surface area contributed by atoms with Crippen molar-refractivity contribution in [1.82, 2.24) is 5.32 Å². The molecule has 1 N–H and O–H groups in total. The number of nitrogens with one attached hydrogen (secondary N) is 1. The normalized spacial score (nSPS) is 12.4. The van der Waals surface area contributed by atoms with E-state index in [0.29, 0.717) is 0 Å². The van der Waals surface area contributed by atoms with Gasteiger partial charge in [0.25, 0.3) is 0 Å². The zero-order chi connectivity index (χ0) is 8.41. The van der Waals surface area contributed by atoms with Gasteiger partial charge in [0.2, 0.25) is 0 Å². The van der Waals surface area contributed by atoms with E-state index < -0.39 is 0 Å². The Kier molecular flexibility index (Phi) is 2.73. The Morgan fingerprint density at radius 2 is 1.70 bits per heavy atom. The lowest BCUT2D eigenvalue weighted by Crippen LogP contribution is -2.50. The SMILES string of the molecule is CC(C)(Br)C(C)(C)NC#N. The molecule has 0 bridgehead atoms. The van der Waals surface area contributed by atoms with Crippen molar-refractivity contribution in [3.05, 3.63) is 0 Å². The Morgan fingerprint density at radius 3 is 1.80 bits per heavy atom. The largest absolute Gasteiger partial charge is 0.317 e. The summed E-state index contributed by atoms with van der Waals surface area (Å²) in [6.45, 7) is 8.00. The Labute approximate surface area is 70.7 Å². The van der Waals surface area contributed by atoms with Gasteiger partial charge in [-0.2, -0.15) is 5.26 Å². The van der Waals surface area contributed by atoms with Crippen molar-refractivity contribution in [2.24, 2.45) is 0 Å². The maximum absolute atomic E-state index is 8.38. The maximum atomic E-state index is 8.38. The standard InChI is InChI=1S/C7H13BrN2/c1-6(2,8)7(3,4)10-5-9/h10H,1-4H3. The van der Waals surface area contributed by atoms with Crippen LogP contribution in [-0.4, -0.2) is 9.86 Å². The first-order valence-corrected chi connectivity index (χ1v) is 3.96. The summed E-state index contributed by atoms with van der Waals surface area (Å²) in [4.78, 5) is 0. The molecule has 2 nitrogen and oxygen atoms in total. The van der Waals surface area contributed by atoms with E-state index >= 15 is 0 Å². The second-order valence-corrected chi connectivity index (χ2v) is 5.32. The van der Waals surface area contributed by atoms with Crippen LogP contribution in [0.2, 0.25) is 0 Å². The van der Waals surface area contributed by atoms with Gasteiger partial charge in [-0.05, 0) is 27.7 Å². The van der Waals surface area contributed by atoms with Crippen molar-refractivity contribution >= 4 is 15.9 Å². The molecule has 0 unspecified atom stereocenters. The number of hydrogen-bond acceptors (Lipinski definition) is 2. The summed E-state index contributed by atoms with van der Waals surface area (Å²) in [5.41, 5.74) is -0.207. The fraction of sp³-hybridized carbons (Fsp3) is 0.857. The van der Waals surface area contributed by atoms with Crippen molar-refractivity contribution in [2.45, 2.75) is 37.6 Å². The van der Waals surface area contributed by atoms with Crippen molar-refractivity contribution in [2.75, 3.05) is 0 Å². The number of alkyl halides is 1. The second kappa shape index (κ2) is 2.79. The van der Waals surface area contributed by atoms with Gasteiger partial charge in [0.05, 0.1) is 5.54 Å². The zero-order valence-corrected chi connectivity index (χ0v) is 8.41. The minimum absolute atomic E-state index is 0.0737. The monoisotopic (exact) mass is 204 g/mol. The lowest BCUT2D eigenvalue weighted by molar-refractivity contribution is 0.368. The lowest BCUT2D eigenvalue weighted by atomic mass is 9.91. The number of rotatable bonds is 2. The summed E-state index contributed by atoms with van der Waals surface area (Å²) in [5.74, 6) is 0. The number of nitrogens with zero attached hydrogens (tertiary/aromatic N) is 1. The third-order valence-corrected chi connectivity index (χ3v) is 2.85. The van der Waals surface area contributed by atoms with Crippen LogP contribution in [0.4, 0.5) is 0 Å². The molecule has 0 aromatic heterocycles. The van der Waals surface area contributed by atoms with E-state index in [1.807, 2.05) is 33.9 Å². The summed E-state index contributed by atoms with van der Waals surface area (Å²) in [7, 11) is 0. The van der Waals surface area contributed by atoms with E-state index in [1.54, 1.807) is 0 Å². The van der Waals surface area contributed by atoms with Crippen LogP contribution in [-0.2, 0) is 0 Å². The third-order valence-electron chi connectivity index (χ3n) is 1.85. The van der Waals surface area contributed by atoms with E-state index in [1.165, 1.54) is 0 Å². The van der Waals surface area contributed by atoms with E-state index in [0.717, 1.165) is 0 Å². The summed E-state index contributed by atoms with van der Waals surface area (Å²) >= 11 is 3.49. The molecule has 10 heavy (non-hydrogen) atoms. The van der Waals surface area contributed by atoms with Gasteiger partial charge in [0, 0.05) is 4.32 Å². The number of hydrogen-bond donors (Lipinski definition) is 1. The molecule has 0 aliphatic heterocycles. The molecule has 0 fully saturated rings. The molecule has 3 heteroatoms. The first-order valence-electron chi connectivity index (χ1n) is 3.16. The van der Waals surface area contributed by atoms with Gasteiger partial charge >= 0.3 is 0 Å². The summed E-state index contributed by atoms with van der Waals surface area (Å²) in [5, 5.41) is 11.1. The lowest BCUT2D eigenvalue weighted by Gasteiger charge is -2.35. The summed E-state index contributed by atoms with van der Waals surface area (Å²) in [6.07, 6.45) is 1.93. The molecule has 0 aliphatic carbocycles. The average Bonchev–Trinajstić information content (AvgIpc) is 1.61. The predicted molar refractivity (Wildman–Crippen MR) is 45.8 cm³/mol. The first kappa shape index (κ1) is 9.77. The highest BCUT2D eigenvalue weighted by Crippen LogP contribution is 2.29. The van der Waals surface area contributed by atoms with Crippen molar-refractivity contribution in [1.29, 1.82) is 5.26 Å². The van der Waals surface area contributed by atoms with Crippen LogP contribution in [0, 0.1) is 11.5 Å². The average molecular weight is 205 g/mol. The molecule has 0 atom stereocenters. The Bertz CT molecular complexity index is 150. The predicted octanol–water partition coefficient (Wildman–Crippen LogP) is 2.01. The third kappa shape index (κ3) is 2.18. The molecule has 58 valence electrons. The second-order valence-electron chi connectivity index (χ2n) is 3.33. The number of nitriles is 1. The topological polar surface area (TPSA) is 35.8 Å². The first-order chi connectivity index (χ1) is 4.31. The Balaban J connectivity index is 4.28. The van der Waals surface area contributed by atoms with Gasteiger partial charge < -0.3 is 5.32 Å². The highest BCUT2D eigenvalue weighted by molar-refractivity contribution is 9.10. The summed E-state index contributed by atoms with van der Waals surface area (Å²) in [6, 6.07) is 0. The van der Waals surface area contributed by atoms with Gasteiger partial charge in [-0.25, -0.2) is 0 Å². The van der Waals surface area contributed by atoms with Gasteiger partial charge in [0.1, 0.15) is 0 Å². The molecule has 0 spiro atoms. The highest BCUT2D eigenvalue weighted by atomic mass is 79.9. The molecule has 0 aliphatic rings. The fourth-order valence-electron chi connectivity index (χ4n) is 0.288. The van der Waals surface area contributed by atoms with Gasteiger partial charge in [-0.15, -0.1) is 0 Å². The van der Waals surface area contributed by atoms with Crippen LogP contribution in [0.3, 0.4) is 0 Å². The molecule has 0 aromatic rings. The molecule has 0 amide bonds. The molecule has 0 heterocycles. The maximum Gasteiger partial charge on any atom is 0.177 e. The van der Waals surface area contributed by atoms with Gasteiger partial charge in [0.15, 0.2) is 6.19 Å². The van der Waals surface area contributed by atoms with E-state index in [2.05, 4.69) is 21.2 Å². The van der Waals surface area contributed by atoms with Crippen molar-refractivity contribution < 1.29 is 0 Å². The summed E-state index contributed by atoms with van der Waals surface area (Å²) < 4.78 is -0.0737. The minimum atomic E-state index is -0.207. The zero-order valence-electron chi connectivity index (χ0n) is 6.83. The van der Waals surface area contributed by atoms with Gasteiger partial charge in [-0.3, -0.25) is 0 Å². The molecular weight excluding hydrogens is 192 g/mol. The van der Waals surface area contributed by atoms with Crippen LogP contribution in [0.1, 0.15) is 27.7 Å². The Hall–Kier alpha value is -0.230. The van der Waals surface area contributed by atoms with Crippen LogP contribution in [0.5, 0.6) is 0 Å². The fourth-order valence-corrected chi connectivity index (χ4v) is 0.388. The van der Waals surface area contributed by atoms with Gasteiger partial charge in [-0.1, -0.05) is 15.9 Å². The molecule has 0 saturated carbocycles. The minimum Gasteiger partial charge on any atom is -0.317 e. The van der Waals surface area contributed by atoms with E-state index in [-0.39, 0.29) is 9.86 Å². The molecule has 0 rings (SSSR count). The molecule has 0 aromatic carbocycles. The quantitative estimate of drug-likeness (QED) is 0.425. The van der Waals surface area contributed by atoms with Crippen LogP contribution >= 0.6 is 15.9 Å². The van der Waals surface area contributed by atoms with Crippen LogP contribution in [0.25, 0.3) is 0 Å².